The smallest absolute Gasteiger partial charge is 0.407 e. The van der Waals surface area contributed by atoms with Gasteiger partial charge in [0.05, 0.1) is 6.04 Å². The second-order valence-corrected chi connectivity index (χ2v) is 13.2. The molecule has 11 nitrogen and oxygen atoms in total. The molecule has 5 rings (SSSR count). The summed E-state index contributed by atoms with van der Waals surface area (Å²) in [6.07, 6.45) is 1.31. The van der Waals surface area contributed by atoms with Crippen LogP contribution in [-0.2, 0) is 45.1 Å². The van der Waals surface area contributed by atoms with E-state index < -0.39 is 30.1 Å². The van der Waals surface area contributed by atoms with Gasteiger partial charge in [0.25, 0.3) is 0 Å². The number of unbranched alkanes of at least 4 members (excludes halogenated alkanes) is 1. The molecule has 272 valence electrons. The number of aryl methyl sites for hydroxylation is 2. The number of fused-ring (bicyclic) bond motifs is 1. The molecule has 1 aliphatic rings. The Labute approximate surface area is 304 Å². The summed E-state index contributed by atoms with van der Waals surface area (Å²) in [6, 6.07) is 26.6. The van der Waals surface area contributed by atoms with Gasteiger partial charge in [-0.1, -0.05) is 72.8 Å². The molecule has 0 saturated carbocycles. The van der Waals surface area contributed by atoms with E-state index in [2.05, 4.69) is 16.0 Å². The summed E-state index contributed by atoms with van der Waals surface area (Å²) in [4.78, 5) is 55.5. The molecule has 0 fully saturated rings. The van der Waals surface area contributed by atoms with Crippen LogP contribution in [0.3, 0.4) is 0 Å². The molecule has 4 aromatic carbocycles. The van der Waals surface area contributed by atoms with Gasteiger partial charge in [0.15, 0.2) is 0 Å². The fraction of sp³-hybridized carbons (Fsp3) is 0.317. The molecule has 0 aliphatic carbocycles. The number of benzene rings is 4. The van der Waals surface area contributed by atoms with Crippen molar-refractivity contribution in [3.8, 4) is 5.75 Å². The first-order valence-corrected chi connectivity index (χ1v) is 17.6. The number of hydrogen-bond donors (Lipinski definition) is 5. The van der Waals surface area contributed by atoms with Gasteiger partial charge in [-0.3, -0.25) is 14.4 Å². The summed E-state index contributed by atoms with van der Waals surface area (Å²) in [5.74, 6) is -1.08. The number of nitrogens with two attached hydrogens (primary N) is 1. The molecule has 4 amide bonds. The largest absolute Gasteiger partial charge is 0.508 e. The van der Waals surface area contributed by atoms with E-state index in [4.69, 9.17) is 10.5 Å². The highest BCUT2D eigenvalue weighted by molar-refractivity contribution is 5.98. The Balaban J connectivity index is 1.26. The van der Waals surface area contributed by atoms with Crippen LogP contribution in [0.2, 0.25) is 0 Å². The van der Waals surface area contributed by atoms with Gasteiger partial charge in [-0.15, -0.1) is 0 Å². The lowest BCUT2D eigenvalue weighted by atomic mass is 9.91. The Kier molecular flexibility index (Phi) is 13.0. The molecule has 4 aromatic rings. The van der Waals surface area contributed by atoms with Crippen LogP contribution >= 0.6 is 0 Å². The van der Waals surface area contributed by atoms with Crippen molar-refractivity contribution in [3.63, 3.8) is 0 Å². The van der Waals surface area contributed by atoms with Gasteiger partial charge >= 0.3 is 6.09 Å². The van der Waals surface area contributed by atoms with Crippen LogP contribution in [-0.4, -0.2) is 58.5 Å². The predicted octanol–water partition coefficient (Wildman–Crippen LogP) is 5.05. The number of phenolic OH excluding ortho intramolecular Hbond substituents is 1. The Hall–Kier alpha value is -5.68. The highest BCUT2D eigenvalue weighted by Gasteiger charge is 2.38. The SMILES string of the molecule is Cc1cc(O)cc(C)c1C[C@H](N)C(=O)N1Cc2ccccc2C[C@H]1C(=O)N[C@@H](CCCCNC(=O)OCc1ccccc1)C(=O)Nc1ccccc1. The third-order valence-corrected chi connectivity index (χ3v) is 9.33. The van der Waals surface area contributed by atoms with Crippen LogP contribution in [0.5, 0.6) is 5.75 Å². The topological polar surface area (TPSA) is 163 Å². The van der Waals surface area contributed by atoms with Gasteiger partial charge in [0.1, 0.15) is 24.4 Å². The average molecular weight is 706 g/mol. The molecule has 0 saturated heterocycles. The maximum atomic E-state index is 14.2. The molecule has 11 heteroatoms. The zero-order valence-electron chi connectivity index (χ0n) is 29.6. The van der Waals surface area contributed by atoms with Crippen LogP contribution < -0.4 is 21.7 Å². The van der Waals surface area contributed by atoms with E-state index in [0.717, 1.165) is 33.4 Å². The lowest BCUT2D eigenvalue weighted by Gasteiger charge is -2.38. The highest BCUT2D eigenvalue weighted by Crippen LogP contribution is 2.27. The maximum absolute atomic E-state index is 14.2. The minimum Gasteiger partial charge on any atom is -0.508 e. The number of nitrogens with zero attached hydrogens (tertiary/aromatic N) is 1. The van der Waals surface area contributed by atoms with Crippen molar-refractivity contribution in [2.75, 3.05) is 11.9 Å². The van der Waals surface area contributed by atoms with Crippen LogP contribution in [0.4, 0.5) is 10.5 Å². The molecule has 0 unspecified atom stereocenters. The first-order valence-electron chi connectivity index (χ1n) is 17.6. The van der Waals surface area contributed by atoms with Crippen LogP contribution in [0, 0.1) is 13.8 Å². The Bertz CT molecular complexity index is 1830. The van der Waals surface area contributed by atoms with Gasteiger partial charge in [0, 0.05) is 25.2 Å². The lowest BCUT2D eigenvalue weighted by Crippen LogP contribution is -2.58. The van der Waals surface area contributed by atoms with Crippen molar-refractivity contribution < 1.29 is 29.0 Å². The van der Waals surface area contributed by atoms with E-state index in [-0.39, 0.29) is 43.6 Å². The number of carbonyl (C=O) groups excluding carboxylic acids is 4. The molecule has 3 atom stereocenters. The molecule has 1 heterocycles. The van der Waals surface area contributed by atoms with E-state index in [1.54, 1.807) is 36.4 Å². The summed E-state index contributed by atoms with van der Waals surface area (Å²) < 4.78 is 5.28. The van der Waals surface area contributed by atoms with Crippen molar-refractivity contribution in [1.29, 1.82) is 0 Å². The number of rotatable bonds is 14. The number of alkyl carbamates (subject to hydrolysis) is 1. The number of phenols is 1. The molecule has 0 radical (unpaired) electrons. The van der Waals surface area contributed by atoms with Gasteiger partial charge in [-0.05, 0) is 97.2 Å². The van der Waals surface area contributed by atoms with Gasteiger partial charge < -0.3 is 36.4 Å². The third-order valence-electron chi connectivity index (χ3n) is 9.33. The molecule has 0 aromatic heterocycles. The molecule has 6 N–H and O–H groups in total. The van der Waals surface area contributed by atoms with Crippen molar-refractivity contribution in [3.05, 3.63) is 130 Å². The van der Waals surface area contributed by atoms with Crippen LogP contribution in [0.1, 0.15) is 52.6 Å². The minimum atomic E-state index is -0.938. The van der Waals surface area contributed by atoms with E-state index in [1.165, 1.54) is 4.90 Å². The van der Waals surface area contributed by atoms with Crippen molar-refractivity contribution in [2.24, 2.45) is 5.73 Å². The zero-order valence-corrected chi connectivity index (χ0v) is 29.6. The summed E-state index contributed by atoms with van der Waals surface area (Å²) in [6.45, 7) is 4.41. The number of para-hydroxylation sites is 1. The van der Waals surface area contributed by atoms with E-state index in [0.29, 0.717) is 31.5 Å². The molecule has 0 spiro atoms. The van der Waals surface area contributed by atoms with E-state index in [1.807, 2.05) is 74.5 Å². The molecule has 52 heavy (non-hydrogen) atoms. The number of ether oxygens (including phenoxy) is 1. The van der Waals surface area contributed by atoms with Crippen molar-refractivity contribution in [1.82, 2.24) is 15.5 Å². The van der Waals surface area contributed by atoms with E-state index in [9.17, 15) is 24.3 Å². The van der Waals surface area contributed by atoms with Gasteiger partial charge in [-0.2, -0.15) is 0 Å². The first-order chi connectivity index (χ1) is 25.1. The van der Waals surface area contributed by atoms with Gasteiger partial charge in [-0.25, -0.2) is 4.79 Å². The normalized spacial score (nSPS) is 14.8. The summed E-state index contributed by atoms with van der Waals surface area (Å²) in [5.41, 5.74) is 12.4. The fourth-order valence-corrected chi connectivity index (χ4v) is 6.53. The first kappa shape index (κ1) is 37.6. The standard InChI is InChI=1S/C41H47N5O6/c1-27-21-33(47)22-28(2)34(27)24-35(42)40(50)46-25-31-16-10-9-15-30(31)23-37(46)39(49)45-36(38(48)44-32-17-7-4-8-18-32)19-11-12-20-43-41(51)52-26-29-13-5-3-6-14-29/h3-10,13-18,21-22,35-37,47H,11-12,19-20,23-26,42H2,1-2H3,(H,43,51)(H,44,48)(H,45,49)/t35-,36-,37-/m0/s1. The minimum absolute atomic E-state index is 0.145. The van der Waals surface area contributed by atoms with Crippen molar-refractivity contribution in [2.45, 2.75) is 77.2 Å². The Morgan fingerprint density at radius 3 is 2.21 bits per heavy atom. The summed E-state index contributed by atoms with van der Waals surface area (Å²) in [5, 5.41) is 18.6. The monoisotopic (exact) mass is 705 g/mol. The van der Waals surface area contributed by atoms with E-state index >= 15 is 0 Å². The average Bonchev–Trinajstić information content (AvgIpc) is 3.14. The number of aromatic hydroxyl groups is 1. The second-order valence-electron chi connectivity index (χ2n) is 13.2. The Morgan fingerprint density at radius 1 is 0.885 bits per heavy atom. The molecular formula is C41H47N5O6. The number of hydrogen-bond acceptors (Lipinski definition) is 7. The summed E-state index contributed by atoms with van der Waals surface area (Å²) in [7, 11) is 0. The third kappa shape index (κ3) is 10.2. The molecular weight excluding hydrogens is 658 g/mol. The van der Waals surface area contributed by atoms with Crippen molar-refractivity contribution >= 4 is 29.5 Å². The summed E-state index contributed by atoms with van der Waals surface area (Å²) >= 11 is 0. The quantitative estimate of drug-likeness (QED) is 0.115. The number of anilines is 1. The molecule has 1 aliphatic heterocycles. The number of nitrogens with one attached hydrogen (secondary N) is 3. The number of amides is 4. The predicted molar refractivity (Wildman–Crippen MR) is 199 cm³/mol. The second kappa shape index (κ2) is 18.0. The zero-order chi connectivity index (χ0) is 37.0. The maximum Gasteiger partial charge on any atom is 0.407 e. The lowest BCUT2D eigenvalue weighted by molar-refractivity contribution is -0.143. The molecule has 0 bridgehead atoms. The highest BCUT2D eigenvalue weighted by atomic mass is 16.5. The van der Waals surface area contributed by atoms with Crippen LogP contribution in [0.15, 0.2) is 97.1 Å². The number of carbonyl (C=O) groups is 4. The van der Waals surface area contributed by atoms with Gasteiger partial charge in [0.2, 0.25) is 17.7 Å². The van der Waals surface area contributed by atoms with Crippen LogP contribution in [0.25, 0.3) is 0 Å². The fourth-order valence-electron chi connectivity index (χ4n) is 6.53. The Morgan fingerprint density at radius 2 is 1.52 bits per heavy atom.